The van der Waals surface area contributed by atoms with E-state index >= 15 is 0 Å². The average molecular weight is 286 g/mol. The smallest absolute Gasteiger partial charge is 0.0450 e. The van der Waals surface area contributed by atoms with Gasteiger partial charge in [-0.25, -0.2) is 0 Å². The molecule has 2 nitrogen and oxygen atoms in total. The van der Waals surface area contributed by atoms with E-state index in [0.29, 0.717) is 11.6 Å². The molecule has 2 heteroatoms. The molecule has 2 unspecified atom stereocenters. The summed E-state index contributed by atoms with van der Waals surface area (Å²) >= 11 is 0. The van der Waals surface area contributed by atoms with E-state index in [1.54, 1.807) is 0 Å². The summed E-state index contributed by atoms with van der Waals surface area (Å²) in [6.45, 7) is 10.7. The average Bonchev–Trinajstić information content (AvgIpc) is 3.32. The summed E-state index contributed by atoms with van der Waals surface area (Å²) in [4.78, 5) is 2.79. The summed E-state index contributed by atoms with van der Waals surface area (Å²) in [5.41, 5.74) is 1.81. The topological polar surface area (TPSA) is 15.3 Å². The molecule has 0 bridgehead atoms. The van der Waals surface area contributed by atoms with Crippen molar-refractivity contribution in [2.24, 2.45) is 11.8 Å². The lowest BCUT2D eigenvalue weighted by molar-refractivity contribution is 0.0309. The Kier molecular flexibility index (Phi) is 4.37. The van der Waals surface area contributed by atoms with E-state index in [4.69, 9.17) is 0 Å². The van der Waals surface area contributed by atoms with Crippen LogP contribution in [0.4, 0.5) is 0 Å². The maximum absolute atomic E-state index is 3.82. The molecular formula is C19H30N2. The van der Waals surface area contributed by atoms with Crippen LogP contribution in [0.1, 0.15) is 51.6 Å². The lowest BCUT2D eigenvalue weighted by Crippen LogP contribution is -2.62. The summed E-state index contributed by atoms with van der Waals surface area (Å²) in [5.74, 6) is 1.70. The molecule has 0 amide bonds. The molecule has 0 aromatic heterocycles. The summed E-state index contributed by atoms with van der Waals surface area (Å²) in [6.07, 6.45) is 4.16. The van der Waals surface area contributed by atoms with E-state index in [9.17, 15) is 0 Å². The number of hydrogen-bond acceptors (Lipinski definition) is 2. The van der Waals surface area contributed by atoms with E-state index in [2.05, 4.69) is 61.3 Å². The third-order valence-electron chi connectivity index (χ3n) is 5.47. The number of rotatable bonds is 5. The van der Waals surface area contributed by atoms with E-state index in [0.717, 1.165) is 24.9 Å². The van der Waals surface area contributed by atoms with Crippen molar-refractivity contribution in [3.8, 4) is 0 Å². The fourth-order valence-corrected chi connectivity index (χ4v) is 3.71. The number of hydrogen-bond donors (Lipinski definition) is 1. The fraction of sp³-hybridized carbons (Fsp3) is 0.684. The zero-order chi connectivity index (χ0) is 14.9. The van der Waals surface area contributed by atoms with Gasteiger partial charge in [0, 0.05) is 24.7 Å². The highest BCUT2D eigenvalue weighted by molar-refractivity contribution is 5.21. The molecule has 21 heavy (non-hydrogen) atoms. The quantitative estimate of drug-likeness (QED) is 0.884. The summed E-state index contributed by atoms with van der Waals surface area (Å²) in [6, 6.07) is 11.4. The van der Waals surface area contributed by atoms with Crippen LogP contribution in [-0.4, -0.2) is 30.1 Å². The Morgan fingerprint density at radius 2 is 1.95 bits per heavy atom. The van der Waals surface area contributed by atoms with Gasteiger partial charge in [0.2, 0.25) is 0 Å². The number of nitrogens with zero attached hydrogens (tertiary/aromatic N) is 1. The highest BCUT2D eigenvalue weighted by Gasteiger charge is 2.48. The Morgan fingerprint density at radius 1 is 1.24 bits per heavy atom. The van der Waals surface area contributed by atoms with Gasteiger partial charge in [-0.3, -0.25) is 4.90 Å². The van der Waals surface area contributed by atoms with Crippen LogP contribution < -0.4 is 5.32 Å². The Bertz CT molecular complexity index is 452. The molecule has 2 atom stereocenters. The van der Waals surface area contributed by atoms with Gasteiger partial charge in [0.15, 0.2) is 0 Å². The minimum absolute atomic E-state index is 0.375. The fourth-order valence-electron chi connectivity index (χ4n) is 3.71. The monoisotopic (exact) mass is 286 g/mol. The molecule has 1 saturated carbocycles. The lowest BCUT2D eigenvalue weighted by Gasteiger charge is -2.49. The maximum atomic E-state index is 3.82. The van der Waals surface area contributed by atoms with Gasteiger partial charge in [0.05, 0.1) is 0 Å². The van der Waals surface area contributed by atoms with Crippen LogP contribution in [-0.2, 0) is 0 Å². The van der Waals surface area contributed by atoms with Gasteiger partial charge in [0.1, 0.15) is 0 Å². The van der Waals surface area contributed by atoms with Crippen molar-refractivity contribution in [3.05, 3.63) is 35.9 Å². The molecule has 116 valence electrons. The molecule has 1 aromatic rings. The second-order valence-electron chi connectivity index (χ2n) is 7.60. The van der Waals surface area contributed by atoms with Gasteiger partial charge in [-0.05, 0) is 50.1 Å². The first kappa shape index (κ1) is 15.1. The molecule has 1 aliphatic carbocycles. The van der Waals surface area contributed by atoms with Crippen molar-refractivity contribution in [2.75, 3.05) is 19.6 Å². The second kappa shape index (κ2) is 6.10. The maximum Gasteiger partial charge on any atom is 0.0450 e. The summed E-state index contributed by atoms with van der Waals surface area (Å²) in [5, 5.41) is 3.82. The van der Waals surface area contributed by atoms with Gasteiger partial charge >= 0.3 is 0 Å². The van der Waals surface area contributed by atoms with Crippen molar-refractivity contribution in [1.82, 2.24) is 10.2 Å². The van der Waals surface area contributed by atoms with Crippen LogP contribution in [0.5, 0.6) is 0 Å². The molecule has 2 aliphatic rings. The Morgan fingerprint density at radius 3 is 2.57 bits per heavy atom. The molecule has 1 aliphatic heterocycles. The molecule has 1 aromatic carbocycles. The molecule has 1 N–H and O–H groups in total. The standard InChI is InChI=1S/C19H30N2/c1-15(2)11-12-21-13-18(16-7-5-4-6-8-16)20-14-19(21,3)17-9-10-17/h4-8,15,17-18,20H,9-14H2,1-3H3. The van der Waals surface area contributed by atoms with Gasteiger partial charge < -0.3 is 5.32 Å². The van der Waals surface area contributed by atoms with Crippen LogP contribution in [0.3, 0.4) is 0 Å². The van der Waals surface area contributed by atoms with Gasteiger partial charge in [-0.15, -0.1) is 0 Å². The Hall–Kier alpha value is -0.860. The number of nitrogens with one attached hydrogen (secondary N) is 1. The molecular weight excluding hydrogens is 256 g/mol. The Balaban J connectivity index is 1.73. The first-order valence-electron chi connectivity index (χ1n) is 8.63. The van der Waals surface area contributed by atoms with Crippen molar-refractivity contribution >= 4 is 0 Å². The first-order chi connectivity index (χ1) is 10.1. The molecule has 0 radical (unpaired) electrons. The highest BCUT2D eigenvalue weighted by atomic mass is 15.3. The van der Waals surface area contributed by atoms with Crippen LogP contribution in [0.15, 0.2) is 30.3 Å². The number of piperazine rings is 1. The van der Waals surface area contributed by atoms with Gasteiger partial charge in [-0.2, -0.15) is 0 Å². The Labute approximate surface area is 129 Å². The molecule has 2 fully saturated rings. The van der Waals surface area contributed by atoms with Crippen molar-refractivity contribution in [3.63, 3.8) is 0 Å². The minimum atomic E-state index is 0.375. The first-order valence-corrected chi connectivity index (χ1v) is 8.63. The third kappa shape index (κ3) is 3.32. The van der Waals surface area contributed by atoms with E-state index in [1.807, 2.05) is 0 Å². The second-order valence-corrected chi connectivity index (χ2v) is 7.60. The zero-order valence-electron chi connectivity index (χ0n) is 13.8. The number of benzene rings is 1. The van der Waals surface area contributed by atoms with E-state index in [-0.39, 0.29) is 0 Å². The van der Waals surface area contributed by atoms with Gasteiger partial charge in [0.25, 0.3) is 0 Å². The van der Waals surface area contributed by atoms with E-state index < -0.39 is 0 Å². The van der Waals surface area contributed by atoms with Crippen LogP contribution in [0, 0.1) is 11.8 Å². The van der Waals surface area contributed by atoms with Crippen LogP contribution in [0.25, 0.3) is 0 Å². The summed E-state index contributed by atoms with van der Waals surface area (Å²) < 4.78 is 0. The van der Waals surface area contributed by atoms with Crippen molar-refractivity contribution < 1.29 is 0 Å². The van der Waals surface area contributed by atoms with Crippen LogP contribution in [0.2, 0.25) is 0 Å². The molecule has 1 saturated heterocycles. The van der Waals surface area contributed by atoms with Gasteiger partial charge in [-0.1, -0.05) is 44.2 Å². The normalized spacial score (nSPS) is 30.8. The minimum Gasteiger partial charge on any atom is -0.307 e. The predicted molar refractivity (Wildman–Crippen MR) is 89.3 cm³/mol. The molecule has 1 heterocycles. The third-order valence-corrected chi connectivity index (χ3v) is 5.47. The van der Waals surface area contributed by atoms with Crippen LogP contribution >= 0.6 is 0 Å². The van der Waals surface area contributed by atoms with E-state index in [1.165, 1.54) is 31.4 Å². The largest absolute Gasteiger partial charge is 0.307 e. The highest BCUT2D eigenvalue weighted by Crippen LogP contribution is 2.45. The molecule has 3 rings (SSSR count). The SMILES string of the molecule is CC(C)CCN1CC(c2ccccc2)NCC1(C)C1CC1. The van der Waals surface area contributed by atoms with Crippen molar-refractivity contribution in [2.45, 2.75) is 51.6 Å². The lowest BCUT2D eigenvalue weighted by atomic mass is 9.87. The molecule has 0 spiro atoms. The predicted octanol–water partition coefficient (Wildman–Crippen LogP) is 3.85. The zero-order valence-corrected chi connectivity index (χ0v) is 13.8. The van der Waals surface area contributed by atoms with Crippen molar-refractivity contribution in [1.29, 1.82) is 0 Å². The summed E-state index contributed by atoms with van der Waals surface area (Å²) in [7, 11) is 0.